The van der Waals surface area contributed by atoms with Crippen molar-refractivity contribution in [3.8, 4) is 67.3 Å². The van der Waals surface area contributed by atoms with E-state index < -0.39 is 0 Å². The molecule has 1 spiro atoms. The largest absolute Gasteiger partial charge is 0.228 e. The minimum Gasteiger partial charge on any atom is -0.228 e. The number of nitrogens with zero attached hydrogens (tertiary/aromatic N) is 2. The molecule has 1 aromatic heterocycles. The molecule has 4 bridgehead atoms. The first kappa shape index (κ1) is 32.2. The van der Waals surface area contributed by atoms with E-state index in [1.807, 2.05) is 6.07 Å². The zero-order valence-corrected chi connectivity index (χ0v) is 31.4. The van der Waals surface area contributed by atoms with Crippen molar-refractivity contribution in [3.05, 3.63) is 181 Å². The Bertz CT molecular complexity index is 2770. The van der Waals surface area contributed by atoms with Crippen LogP contribution in [0.5, 0.6) is 0 Å². The Morgan fingerprint density at radius 3 is 1.64 bits per heavy atom. The zero-order chi connectivity index (χ0) is 36.8. The fraction of sp³-hybridized carbons (Fsp3) is 0.185. The highest BCUT2D eigenvalue weighted by molar-refractivity contribution is 5.99. The molecule has 2 nitrogen and oxygen atoms in total. The maximum Gasteiger partial charge on any atom is 0.160 e. The van der Waals surface area contributed by atoms with E-state index in [4.69, 9.17) is 9.97 Å². The van der Waals surface area contributed by atoms with Crippen LogP contribution in [0.4, 0.5) is 0 Å². The van der Waals surface area contributed by atoms with Crippen LogP contribution in [0.1, 0.15) is 43.2 Å². The highest BCUT2D eigenvalue weighted by Crippen LogP contribution is 2.70. The van der Waals surface area contributed by atoms with Gasteiger partial charge in [0.15, 0.2) is 5.82 Å². The van der Waals surface area contributed by atoms with Crippen LogP contribution in [0.3, 0.4) is 0 Å². The Labute approximate surface area is 329 Å². The van der Waals surface area contributed by atoms with Crippen molar-refractivity contribution in [1.29, 1.82) is 0 Å². The molecule has 0 amide bonds. The summed E-state index contributed by atoms with van der Waals surface area (Å²) in [6.07, 6.45) is 6.99. The highest BCUT2D eigenvalue weighted by atomic mass is 14.9. The van der Waals surface area contributed by atoms with Gasteiger partial charge in [-0.2, -0.15) is 0 Å². The van der Waals surface area contributed by atoms with E-state index in [-0.39, 0.29) is 5.41 Å². The standard InChI is InChI=1S/C54H42N2/c1-3-11-36(12-4-1)37-21-23-38(24-22-37)50-33-51(56-53(55-50)39-13-5-2-6-14-39)43-18-9-17-42(30-43)46-19-10-20-48-52(46)47-31-40-15-7-8-16-41(40)32-49(47)54(48)44-26-34-25-35(28-44)29-45(54)27-34/h1-24,30-35,44-45H,25-29H2. The summed E-state index contributed by atoms with van der Waals surface area (Å²) < 4.78 is 0. The normalized spacial score (nSPS) is 22.7. The van der Waals surface area contributed by atoms with Crippen molar-refractivity contribution in [2.24, 2.45) is 23.7 Å². The predicted octanol–water partition coefficient (Wildman–Crippen LogP) is 13.7. The fourth-order valence-electron chi connectivity index (χ4n) is 11.9. The van der Waals surface area contributed by atoms with Gasteiger partial charge in [0.05, 0.1) is 11.4 Å². The topological polar surface area (TPSA) is 25.8 Å². The van der Waals surface area contributed by atoms with Gasteiger partial charge in [-0.15, -0.1) is 0 Å². The number of hydrogen-bond donors (Lipinski definition) is 0. The molecule has 0 radical (unpaired) electrons. The van der Waals surface area contributed by atoms with Crippen LogP contribution in [0.25, 0.3) is 78.1 Å². The van der Waals surface area contributed by atoms with E-state index in [0.717, 1.165) is 57.6 Å². The molecule has 0 unspecified atom stereocenters. The molecule has 0 saturated heterocycles. The van der Waals surface area contributed by atoms with E-state index >= 15 is 0 Å². The average Bonchev–Trinajstić information content (AvgIpc) is 3.54. The maximum atomic E-state index is 5.25. The van der Waals surface area contributed by atoms with Crippen LogP contribution in [-0.2, 0) is 5.41 Å². The van der Waals surface area contributed by atoms with E-state index in [0.29, 0.717) is 0 Å². The van der Waals surface area contributed by atoms with Crippen LogP contribution >= 0.6 is 0 Å². The van der Waals surface area contributed by atoms with Gasteiger partial charge in [-0.1, -0.05) is 146 Å². The molecule has 13 rings (SSSR count). The monoisotopic (exact) mass is 718 g/mol. The van der Waals surface area contributed by atoms with Crippen LogP contribution in [-0.4, -0.2) is 9.97 Å². The molecule has 8 aromatic rings. The molecule has 5 aliphatic carbocycles. The third-order valence-electron chi connectivity index (χ3n) is 14.1. The molecule has 7 aromatic carbocycles. The summed E-state index contributed by atoms with van der Waals surface area (Å²) in [7, 11) is 0. The fourth-order valence-corrected chi connectivity index (χ4v) is 11.9. The first-order valence-electron chi connectivity index (χ1n) is 20.6. The van der Waals surface area contributed by atoms with Crippen molar-refractivity contribution in [1.82, 2.24) is 9.97 Å². The van der Waals surface area contributed by atoms with Crippen molar-refractivity contribution >= 4 is 10.8 Å². The summed E-state index contributed by atoms with van der Waals surface area (Å²) in [4.78, 5) is 10.4. The lowest BCUT2D eigenvalue weighted by Crippen LogP contribution is -2.55. The van der Waals surface area contributed by atoms with Gasteiger partial charge < -0.3 is 0 Å². The molecule has 0 atom stereocenters. The molecule has 5 aliphatic rings. The zero-order valence-electron chi connectivity index (χ0n) is 31.4. The summed E-state index contributed by atoms with van der Waals surface area (Å²) >= 11 is 0. The number of fused-ring (bicyclic) bond motifs is 4. The lowest BCUT2D eigenvalue weighted by molar-refractivity contribution is -0.0398. The van der Waals surface area contributed by atoms with E-state index in [1.165, 1.54) is 76.3 Å². The van der Waals surface area contributed by atoms with Gasteiger partial charge in [-0.05, 0) is 135 Å². The van der Waals surface area contributed by atoms with Gasteiger partial charge in [0.25, 0.3) is 0 Å². The van der Waals surface area contributed by atoms with E-state index in [9.17, 15) is 0 Å². The SMILES string of the molecule is c1ccc(-c2ccc(-c3cc(-c4cccc(-c5cccc6c5-c5cc7ccccc7cc5C65C6CC7CC(C6)CC5C7)c4)nc(-c4ccccc4)n3)cc2)cc1. The van der Waals surface area contributed by atoms with Gasteiger partial charge in [0.1, 0.15) is 0 Å². The summed E-state index contributed by atoms with van der Waals surface area (Å²) in [6.45, 7) is 0. The minimum atomic E-state index is 0.109. The third kappa shape index (κ3) is 4.88. The van der Waals surface area contributed by atoms with E-state index in [2.05, 4.69) is 164 Å². The lowest BCUT2D eigenvalue weighted by atomic mass is 9.43. The van der Waals surface area contributed by atoms with Crippen molar-refractivity contribution in [3.63, 3.8) is 0 Å². The molecule has 1 heterocycles. The number of hydrogen-bond acceptors (Lipinski definition) is 2. The smallest absolute Gasteiger partial charge is 0.160 e. The van der Waals surface area contributed by atoms with E-state index in [1.54, 1.807) is 11.1 Å². The molecule has 4 saturated carbocycles. The Morgan fingerprint density at radius 2 is 0.929 bits per heavy atom. The van der Waals surface area contributed by atoms with Crippen LogP contribution < -0.4 is 0 Å². The second-order valence-corrected chi connectivity index (χ2v) is 17.0. The summed E-state index contributed by atoms with van der Waals surface area (Å²) in [6, 6.07) is 62.4. The van der Waals surface area contributed by atoms with Gasteiger partial charge in [-0.3, -0.25) is 0 Å². The van der Waals surface area contributed by atoms with Gasteiger partial charge in [0.2, 0.25) is 0 Å². The quantitative estimate of drug-likeness (QED) is 0.177. The predicted molar refractivity (Wildman–Crippen MR) is 230 cm³/mol. The van der Waals surface area contributed by atoms with Crippen molar-refractivity contribution in [2.75, 3.05) is 0 Å². The first-order valence-corrected chi connectivity index (χ1v) is 20.6. The Hall–Kier alpha value is -6.12. The van der Waals surface area contributed by atoms with Crippen LogP contribution in [0, 0.1) is 23.7 Å². The Morgan fingerprint density at radius 1 is 0.375 bits per heavy atom. The third-order valence-corrected chi connectivity index (χ3v) is 14.1. The van der Waals surface area contributed by atoms with Crippen LogP contribution in [0.2, 0.25) is 0 Å². The first-order chi connectivity index (χ1) is 27.7. The number of benzene rings is 7. The van der Waals surface area contributed by atoms with Crippen LogP contribution in [0.15, 0.2) is 170 Å². The second-order valence-electron chi connectivity index (χ2n) is 17.0. The molecule has 2 heteroatoms. The Kier molecular flexibility index (Phi) is 7.15. The Balaban J connectivity index is 1.01. The van der Waals surface area contributed by atoms with Gasteiger partial charge >= 0.3 is 0 Å². The average molecular weight is 719 g/mol. The number of rotatable bonds is 5. The molecule has 4 fully saturated rings. The molecule has 0 aliphatic heterocycles. The molecular weight excluding hydrogens is 677 g/mol. The maximum absolute atomic E-state index is 5.25. The molecule has 56 heavy (non-hydrogen) atoms. The van der Waals surface area contributed by atoms with Crippen molar-refractivity contribution in [2.45, 2.75) is 37.5 Å². The molecule has 0 N–H and O–H groups in total. The lowest BCUT2D eigenvalue weighted by Gasteiger charge is -2.61. The second kappa shape index (κ2) is 12.4. The van der Waals surface area contributed by atoms with Gasteiger partial charge in [-0.25, -0.2) is 9.97 Å². The minimum absolute atomic E-state index is 0.109. The molecule has 268 valence electrons. The van der Waals surface area contributed by atoms with Crippen molar-refractivity contribution < 1.29 is 0 Å². The summed E-state index contributed by atoms with van der Waals surface area (Å²) in [5.74, 6) is 4.01. The molecular formula is C54H42N2. The van der Waals surface area contributed by atoms with Gasteiger partial charge in [0, 0.05) is 22.1 Å². The number of aromatic nitrogens is 2. The summed E-state index contributed by atoms with van der Waals surface area (Å²) in [5.41, 5.74) is 16.3. The summed E-state index contributed by atoms with van der Waals surface area (Å²) in [5, 5.41) is 2.71. The highest BCUT2D eigenvalue weighted by Gasteiger charge is 2.61.